The van der Waals surface area contributed by atoms with Gasteiger partial charge >= 0.3 is 0 Å². The van der Waals surface area contributed by atoms with Crippen molar-refractivity contribution in [2.45, 2.75) is 6.54 Å². The smallest absolute Gasteiger partial charge is 0.257 e. The van der Waals surface area contributed by atoms with Gasteiger partial charge in [0.1, 0.15) is 5.75 Å². The highest BCUT2D eigenvalue weighted by molar-refractivity contribution is 5.78. The number of carbonyl (C=O) groups is 1. The second kappa shape index (κ2) is 12.3. The normalized spacial score (nSPS) is 14.4. The van der Waals surface area contributed by atoms with E-state index in [1.54, 1.807) is 6.07 Å². The highest BCUT2D eigenvalue weighted by atomic mass is 16.5. The van der Waals surface area contributed by atoms with Gasteiger partial charge in [-0.3, -0.25) is 14.6 Å². The van der Waals surface area contributed by atoms with Crippen LogP contribution >= 0.6 is 0 Å². The van der Waals surface area contributed by atoms with Gasteiger partial charge in [-0.1, -0.05) is 60.7 Å². The van der Waals surface area contributed by atoms with Crippen LogP contribution in [-0.4, -0.2) is 71.8 Å². The first-order valence-electron chi connectivity index (χ1n) is 12.6. The van der Waals surface area contributed by atoms with Crippen molar-refractivity contribution in [3.63, 3.8) is 0 Å². The second-order valence-electron chi connectivity index (χ2n) is 9.02. The minimum Gasteiger partial charge on any atom is -0.483 e. The lowest BCUT2D eigenvalue weighted by Crippen LogP contribution is -2.48. The molecule has 8 nitrogen and oxygen atoms in total. The van der Waals surface area contributed by atoms with Gasteiger partial charge in [-0.05, 0) is 29.8 Å². The summed E-state index contributed by atoms with van der Waals surface area (Å²) in [6.45, 7) is 6.39. The lowest BCUT2D eigenvalue weighted by Gasteiger charge is -2.34. The number of ether oxygens (including phenoxy) is 1. The number of rotatable bonds is 10. The van der Waals surface area contributed by atoms with Crippen molar-refractivity contribution in [2.75, 3.05) is 45.9 Å². The average molecular weight is 498 g/mol. The van der Waals surface area contributed by atoms with E-state index in [-0.39, 0.29) is 12.5 Å². The first kappa shape index (κ1) is 24.7. The molecule has 190 valence electrons. The molecule has 0 unspecified atom stereocenters. The van der Waals surface area contributed by atoms with Crippen LogP contribution in [0.4, 0.5) is 0 Å². The van der Waals surface area contributed by atoms with Crippen molar-refractivity contribution in [1.82, 2.24) is 25.3 Å². The molecule has 0 spiro atoms. The highest BCUT2D eigenvalue weighted by Crippen LogP contribution is 2.30. The SMILES string of the molecule is O=C(COc1ccccc1-c1nnc(-c2ccccc2)o1)NCCN1CCN(Cc2ccccc2)CC1. The molecule has 3 aromatic carbocycles. The molecule has 1 amide bonds. The first-order chi connectivity index (χ1) is 18.2. The second-order valence-corrected chi connectivity index (χ2v) is 9.02. The third-order valence-electron chi connectivity index (χ3n) is 6.39. The molecule has 1 N–H and O–H groups in total. The zero-order valence-electron chi connectivity index (χ0n) is 20.8. The molecule has 0 bridgehead atoms. The van der Waals surface area contributed by atoms with Crippen molar-refractivity contribution in [1.29, 1.82) is 0 Å². The number of aromatic nitrogens is 2. The minimum atomic E-state index is -0.159. The Morgan fingerprint density at radius 1 is 0.811 bits per heavy atom. The molecule has 0 saturated carbocycles. The molecule has 0 radical (unpaired) electrons. The van der Waals surface area contributed by atoms with E-state index < -0.39 is 0 Å². The zero-order valence-corrected chi connectivity index (χ0v) is 20.8. The molecular formula is C29H31N5O3. The fourth-order valence-electron chi connectivity index (χ4n) is 4.36. The Morgan fingerprint density at radius 3 is 2.24 bits per heavy atom. The maximum absolute atomic E-state index is 12.4. The summed E-state index contributed by atoms with van der Waals surface area (Å²) in [4.78, 5) is 17.3. The molecule has 0 aliphatic carbocycles. The summed E-state index contributed by atoms with van der Waals surface area (Å²) < 4.78 is 11.7. The summed E-state index contributed by atoms with van der Waals surface area (Å²) in [7, 11) is 0. The van der Waals surface area contributed by atoms with Crippen LogP contribution in [0.15, 0.2) is 89.3 Å². The number of carbonyl (C=O) groups excluding carboxylic acids is 1. The molecule has 1 aliphatic heterocycles. The maximum Gasteiger partial charge on any atom is 0.257 e. The van der Waals surface area contributed by atoms with Gasteiger partial charge in [0.15, 0.2) is 6.61 Å². The Kier molecular flexibility index (Phi) is 8.20. The van der Waals surface area contributed by atoms with Gasteiger partial charge in [-0.15, -0.1) is 10.2 Å². The quantitative estimate of drug-likeness (QED) is 0.358. The summed E-state index contributed by atoms with van der Waals surface area (Å²) in [6, 6.07) is 27.5. The van der Waals surface area contributed by atoms with Crippen molar-refractivity contribution in [2.24, 2.45) is 0 Å². The third kappa shape index (κ3) is 6.81. The molecule has 5 rings (SSSR count). The van der Waals surface area contributed by atoms with Gasteiger partial charge in [-0.25, -0.2) is 0 Å². The number of amides is 1. The number of hydrogen-bond acceptors (Lipinski definition) is 7. The van der Waals surface area contributed by atoms with E-state index in [4.69, 9.17) is 9.15 Å². The standard InChI is InChI=1S/C29H31N5O3/c35-27(30-15-16-33-17-19-34(20-18-33)21-23-9-3-1-4-10-23)22-36-26-14-8-7-13-25(26)29-32-31-28(37-29)24-11-5-2-6-12-24/h1-14H,15-22H2,(H,30,35). The molecular weight excluding hydrogens is 466 g/mol. The van der Waals surface area contributed by atoms with E-state index in [9.17, 15) is 4.79 Å². The summed E-state index contributed by atoms with van der Waals surface area (Å²) in [5, 5.41) is 11.3. The number of piperazine rings is 1. The lowest BCUT2D eigenvalue weighted by molar-refractivity contribution is -0.123. The Bertz CT molecular complexity index is 1270. The predicted molar refractivity (Wildman–Crippen MR) is 142 cm³/mol. The molecule has 0 atom stereocenters. The lowest BCUT2D eigenvalue weighted by atomic mass is 10.2. The largest absolute Gasteiger partial charge is 0.483 e. The van der Waals surface area contributed by atoms with E-state index in [0.717, 1.165) is 44.8 Å². The van der Waals surface area contributed by atoms with Gasteiger partial charge in [0.25, 0.3) is 11.8 Å². The van der Waals surface area contributed by atoms with E-state index in [1.807, 2.05) is 48.5 Å². The van der Waals surface area contributed by atoms with Crippen LogP contribution in [-0.2, 0) is 11.3 Å². The first-order valence-corrected chi connectivity index (χ1v) is 12.6. The van der Waals surface area contributed by atoms with Crippen LogP contribution in [0.25, 0.3) is 22.9 Å². The number of para-hydroxylation sites is 1. The summed E-state index contributed by atoms with van der Waals surface area (Å²) in [6.07, 6.45) is 0. The molecule has 8 heteroatoms. The molecule has 4 aromatic rings. The van der Waals surface area contributed by atoms with Crippen molar-refractivity contribution >= 4 is 5.91 Å². The number of nitrogens with zero attached hydrogens (tertiary/aromatic N) is 4. The summed E-state index contributed by atoms with van der Waals surface area (Å²) in [5.74, 6) is 1.15. The summed E-state index contributed by atoms with van der Waals surface area (Å²) >= 11 is 0. The average Bonchev–Trinajstić information content (AvgIpc) is 3.44. The fourth-order valence-corrected chi connectivity index (χ4v) is 4.36. The Hall–Kier alpha value is -4.01. The van der Waals surface area contributed by atoms with Gasteiger partial charge in [0, 0.05) is 51.4 Å². The minimum absolute atomic E-state index is 0.0818. The highest BCUT2D eigenvalue weighted by Gasteiger charge is 2.18. The van der Waals surface area contributed by atoms with Gasteiger partial charge < -0.3 is 14.5 Å². The van der Waals surface area contributed by atoms with Gasteiger partial charge in [0.2, 0.25) is 5.89 Å². The Balaban J connectivity index is 1.05. The van der Waals surface area contributed by atoms with Crippen LogP contribution in [0.1, 0.15) is 5.56 Å². The Labute approximate surface area is 216 Å². The van der Waals surface area contributed by atoms with E-state index in [0.29, 0.717) is 29.6 Å². The van der Waals surface area contributed by atoms with Crippen molar-refractivity contribution in [3.8, 4) is 28.7 Å². The molecule has 2 heterocycles. The van der Waals surface area contributed by atoms with E-state index in [1.165, 1.54) is 5.56 Å². The number of hydrogen-bond donors (Lipinski definition) is 1. The summed E-state index contributed by atoms with van der Waals surface area (Å²) in [5.41, 5.74) is 2.84. The molecule has 1 aromatic heterocycles. The molecule has 1 aliphatic rings. The van der Waals surface area contributed by atoms with Gasteiger partial charge in [0.05, 0.1) is 5.56 Å². The van der Waals surface area contributed by atoms with E-state index in [2.05, 4.69) is 55.6 Å². The maximum atomic E-state index is 12.4. The Morgan fingerprint density at radius 2 is 1.46 bits per heavy atom. The topological polar surface area (TPSA) is 83.7 Å². The number of benzene rings is 3. The monoisotopic (exact) mass is 497 g/mol. The van der Waals surface area contributed by atoms with E-state index >= 15 is 0 Å². The van der Waals surface area contributed by atoms with Crippen LogP contribution in [0.5, 0.6) is 5.75 Å². The fraction of sp³-hybridized carbons (Fsp3) is 0.276. The van der Waals surface area contributed by atoms with Crippen molar-refractivity contribution < 1.29 is 13.9 Å². The predicted octanol–water partition coefficient (Wildman–Crippen LogP) is 3.72. The van der Waals surface area contributed by atoms with Crippen LogP contribution in [0, 0.1) is 0 Å². The van der Waals surface area contributed by atoms with Crippen molar-refractivity contribution in [3.05, 3.63) is 90.5 Å². The van der Waals surface area contributed by atoms with Gasteiger partial charge in [-0.2, -0.15) is 0 Å². The molecule has 37 heavy (non-hydrogen) atoms. The zero-order chi connectivity index (χ0) is 25.3. The van der Waals surface area contributed by atoms with Crippen LogP contribution in [0.2, 0.25) is 0 Å². The van der Waals surface area contributed by atoms with Crippen LogP contribution < -0.4 is 10.1 Å². The number of nitrogens with one attached hydrogen (secondary N) is 1. The molecule has 1 saturated heterocycles. The molecule has 1 fully saturated rings. The third-order valence-corrected chi connectivity index (χ3v) is 6.39. The van der Waals surface area contributed by atoms with Crippen LogP contribution in [0.3, 0.4) is 0 Å².